The summed E-state index contributed by atoms with van der Waals surface area (Å²) >= 11 is 0. The van der Waals surface area contributed by atoms with E-state index in [1.165, 1.54) is 19.2 Å². The Morgan fingerprint density at radius 3 is 2.81 bits per heavy atom. The molecule has 0 radical (unpaired) electrons. The first-order valence-corrected chi connectivity index (χ1v) is 6.91. The van der Waals surface area contributed by atoms with E-state index in [0.717, 1.165) is 6.42 Å². The summed E-state index contributed by atoms with van der Waals surface area (Å²) in [6.45, 7) is 4.23. The van der Waals surface area contributed by atoms with Gasteiger partial charge in [0.05, 0.1) is 7.11 Å². The Morgan fingerprint density at radius 2 is 2.14 bits per heavy atom. The lowest BCUT2D eigenvalue weighted by molar-refractivity contribution is 0.359. The second kappa shape index (κ2) is 6.67. The molecule has 0 saturated carbocycles. The van der Waals surface area contributed by atoms with Crippen molar-refractivity contribution in [3.63, 3.8) is 0 Å². The number of hydrogen-bond donors (Lipinski definition) is 1. The van der Waals surface area contributed by atoms with Crippen molar-refractivity contribution >= 4 is 0 Å². The fourth-order valence-electron chi connectivity index (χ4n) is 2.17. The molecule has 0 aliphatic carbocycles. The van der Waals surface area contributed by atoms with E-state index in [9.17, 15) is 4.39 Å². The maximum Gasteiger partial charge on any atom is 0.228 e. The Kier molecular flexibility index (Phi) is 4.90. The summed E-state index contributed by atoms with van der Waals surface area (Å²) in [4.78, 5) is 4.30. The van der Waals surface area contributed by atoms with Crippen molar-refractivity contribution in [2.45, 2.75) is 32.7 Å². The molecule has 0 aliphatic rings. The van der Waals surface area contributed by atoms with Crippen LogP contribution in [-0.2, 0) is 6.42 Å². The first-order valence-electron chi connectivity index (χ1n) is 6.91. The van der Waals surface area contributed by atoms with E-state index in [1.54, 1.807) is 6.07 Å². The standard InChI is InChI=1S/C15H20FN3O2/c1-9(2)6-11(17)8-14-18-15(19-21-14)10-4-5-12(16)13(7-10)20-3/h4-5,7,9,11H,6,8,17H2,1-3H3. The molecule has 0 fully saturated rings. The lowest BCUT2D eigenvalue weighted by atomic mass is 10.0. The molecule has 2 rings (SSSR count). The number of nitrogens with two attached hydrogens (primary N) is 1. The Bertz CT molecular complexity index is 598. The summed E-state index contributed by atoms with van der Waals surface area (Å²) in [7, 11) is 1.41. The van der Waals surface area contributed by atoms with Gasteiger partial charge in [-0.05, 0) is 30.5 Å². The predicted molar refractivity (Wildman–Crippen MR) is 77.4 cm³/mol. The average Bonchev–Trinajstić information content (AvgIpc) is 2.86. The van der Waals surface area contributed by atoms with E-state index in [1.807, 2.05) is 0 Å². The van der Waals surface area contributed by atoms with Crippen LogP contribution in [0.15, 0.2) is 22.7 Å². The van der Waals surface area contributed by atoms with Crippen molar-refractivity contribution in [3.8, 4) is 17.1 Å². The third-order valence-corrected chi connectivity index (χ3v) is 3.09. The smallest absolute Gasteiger partial charge is 0.228 e. The van der Waals surface area contributed by atoms with Gasteiger partial charge in [0, 0.05) is 18.0 Å². The van der Waals surface area contributed by atoms with Crippen LogP contribution in [0, 0.1) is 11.7 Å². The molecule has 0 amide bonds. The van der Waals surface area contributed by atoms with Crippen LogP contribution in [0.3, 0.4) is 0 Å². The average molecular weight is 293 g/mol. The van der Waals surface area contributed by atoms with E-state index in [2.05, 4.69) is 24.0 Å². The molecule has 2 N–H and O–H groups in total. The molecule has 0 bridgehead atoms. The van der Waals surface area contributed by atoms with Gasteiger partial charge in [-0.3, -0.25) is 0 Å². The highest BCUT2D eigenvalue weighted by Gasteiger charge is 2.14. The number of halogens is 1. The molecule has 1 heterocycles. The lowest BCUT2D eigenvalue weighted by Gasteiger charge is -2.10. The van der Waals surface area contributed by atoms with E-state index < -0.39 is 5.82 Å². The van der Waals surface area contributed by atoms with Gasteiger partial charge in [-0.25, -0.2) is 4.39 Å². The summed E-state index contributed by atoms with van der Waals surface area (Å²) in [5.41, 5.74) is 6.66. The summed E-state index contributed by atoms with van der Waals surface area (Å²) in [6.07, 6.45) is 1.42. The number of benzene rings is 1. The van der Waals surface area contributed by atoms with Crippen LogP contribution in [0.2, 0.25) is 0 Å². The largest absolute Gasteiger partial charge is 0.494 e. The van der Waals surface area contributed by atoms with Gasteiger partial charge < -0.3 is 15.0 Å². The van der Waals surface area contributed by atoms with Crippen LogP contribution in [0.4, 0.5) is 4.39 Å². The summed E-state index contributed by atoms with van der Waals surface area (Å²) < 4.78 is 23.5. The van der Waals surface area contributed by atoms with Gasteiger partial charge in [-0.1, -0.05) is 19.0 Å². The fourth-order valence-corrected chi connectivity index (χ4v) is 2.17. The van der Waals surface area contributed by atoms with Crippen LogP contribution in [0.5, 0.6) is 5.75 Å². The molecule has 0 aliphatic heterocycles. The number of ether oxygens (including phenoxy) is 1. The highest BCUT2D eigenvalue weighted by Crippen LogP contribution is 2.24. The van der Waals surface area contributed by atoms with Crippen LogP contribution in [-0.4, -0.2) is 23.3 Å². The molecule has 1 atom stereocenters. The molecular formula is C15H20FN3O2. The fraction of sp³-hybridized carbons (Fsp3) is 0.467. The maximum absolute atomic E-state index is 13.4. The molecule has 5 nitrogen and oxygen atoms in total. The molecule has 0 spiro atoms. The summed E-state index contributed by atoms with van der Waals surface area (Å²) in [5.74, 6) is 1.13. The second-order valence-electron chi connectivity index (χ2n) is 5.45. The van der Waals surface area contributed by atoms with E-state index in [0.29, 0.717) is 29.6 Å². The SMILES string of the molecule is COc1cc(-c2noc(CC(N)CC(C)C)n2)ccc1F. The van der Waals surface area contributed by atoms with Crippen LogP contribution < -0.4 is 10.5 Å². The molecule has 21 heavy (non-hydrogen) atoms. The van der Waals surface area contributed by atoms with Crippen molar-refractivity contribution in [2.24, 2.45) is 11.7 Å². The van der Waals surface area contributed by atoms with E-state index >= 15 is 0 Å². The number of rotatable bonds is 6. The maximum atomic E-state index is 13.4. The molecular weight excluding hydrogens is 273 g/mol. The Morgan fingerprint density at radius 1 is 1.38 bits per heavy atom. The van der Waals surface area contributed by atoms with E-state index in [4.69, 9.17) is 15.0 Å². The predicted octanol–water partition coefficient (Wildman–Crippen LogP) is 2.80. The molecule has 1 unspecified atom stereocenters. The van der Waals surface area contributed by atoms with Crippen molar-refractivity contribution in [3.05, 3.63) is 29.9 Å². The molecule has 1 aromatic carbocycles. The molecule has 114 valence electrons. The zero-order chi connectivity index (χ0) is 15.4. The lowest BCUT2D eigenvalue weighted by Crippen LogP contribution is -2.24. The molecule has 0 saturated heterocycles. The third-order valence-electron chi connectivity index (χ3n) is 3.09. The van der Waals surface area contributed by atoms with Crippen LogP contribution in [0.25, 0.3) is 11.4 Å². The van der Waals surface area contributed by atoms with Gasteiger partial charge in [0.15, 0.2) is 11.6 Å². The van der Waals surface area contributed by atoms with Gasteiger partial charge in [-0.15, -0.1) is 0 Å². The van der Waals surface area contributed by atoms with E-state index in [-0.39, 0.29) is 11.8 Å². The summed E-state index contributed by atoms with van der Waals surface area (Å²) in [6, 6.07) is 4.42. The Balaban J connectivity index is 2.12. The van der Waals surface area contributed by atoms with Crippen molar-refractivity contribution in [2.75, 3.05) is 7.11 Å². The first kappa shape index (κ1) is 15.4. The highest BCUT2D eigenvalue weighted by atomic mass is 19.1. The summed E-state index contributed by atoms with van der Waals surface area (Å²) in [5, 5.41) is 3.90. The minimum Gasteiger partial charge on any atom is -0.494 e. The number of methoxy groups -OCH3 is 1. The zero-order valence-electron chi connectivity index (χ0n) is 12.5. The van der Waals surface area contributed by atoms with Gasteiger partial charge in [0.2, 0.25) is 11.7 Å². The molecule has 2 aromatic rings. The zero-order valence-corrected chi connectivity index (χ0v) is 12.5. The van der Waals surface area contributed by atoms with Gasteiger partial charge >= 0.3 is 0 Å². The number of nitrogens with zero attached hydrogens (tertiary/aromatic N) is 2. The number of hydrogen-bond acceptors (Lipinski definition) is 5. The molecule has 6 heteroatoms. The highest BCUT2D eigenvalue weighted by molar-refractivity contribution is 5.57. The Labute approximate surface area is 123 Å². The van der Waals surface area contributed by atoms with Crippen molar-refractivity contribution in [1.29, 1.82) is 0 Å². The quantitative estimate of drug-likeness (QED) is 0.886. The van der Waals surface area contributed by atoms with Gasteiger partial charge in [-0.2, -0.15) is 4.98 Å². The van der Waals surface area contributed by atoms with Crippen molar-refractivity contribution in [1.82, 2.24) is 10.1 Å². The normalized spacial score (nSPS) is 12.7. The molecule has 1 aromatic heterocycles. The monoisotopic (exact) mass is 293 g/mol. The minimum absolute atomic E-state index is 0.0129. The minimum atomic E-state index is -0.427. The Hall–Kier alpha value is -1.95. The number of aromatic nitrogens is 2. The van der Waals surface area contributed by atoms with Crippen molar-refractivity contribution < 1.29 is 13.7 Å². The first-order chi connectivity index (χ1) is 9.99. The van der Waals surface area contributed by atoms with Crippen LogP contribution >= 0.6 is 0 Å². The third kappa shape index (κ3) is 4.01. The topological polar surface area (TPSA) is 74.2 Å². The van der Waals surface area contributed by atoms with Crippen LogP contribution in [0.1, 0.15) is 26.2 Å². The van der Waals surface area contributed by atoms with Gasteiger partial charge in [0.25, 0.3) is 0 Å². The van der Waals surface area contributed by atoms with Gasteiger partial charge in [0.1, 0.15) is 0 Å². The second-order valence-corrected chi connectivity index (χ2v) is 5.45.